The number of anilines is 1. The Morgan fingerprint density at radius 1 is 1.00 bits per heavy atom. The minimum atomic E-state index is -3.87. The van der Waals surface area contributed by atoms with E-state index in [1.54, 1.807) is 24.3 Å². The zero-order valence-electron chi connectivity index (χ0n) is 17.2. The molecule has 0 aliphatic carbocycles. The molecule has 1 heterocycles. The number of amides is 1. The van der Waals surface area contributed by atoms with Crippen LogP contribution in [0.25, 0.3) is 11.0 Å². The lowest BCUT2D eigenvalue weighted by Gasteiger charge is -2.13. The number of nitrogens with zero attached hydrogens (tertiary/aromatic N) is 2. The van der Waals surface area contributed by atoms with Crippen LogP contribution in [0.4, 0.5) is 5.69 Å². The zero-order valence-corrected chi connectivity index (χ0v) is 18.8. The van der Waals surface area contributed by atoms with Crippen molar-refractivity contribution in [3.05, 3.63) is 89.2 Å². The molecule has 0 aliphatic rings. The summed E-state index contributed by atoms with van der Waals surface area (Å²) in [7, 11) is -3.87. The highest BCUT2D eigenvalue weighted by atomic mass is 35.5. The summed E-state index contributed by atoms with van der Waals surface area (Å²) in [5, 5.41) is 3.30. The van der Waals surface area contributed by atoms with E-state index in [1.807, 2.05) is 35.8 Å². The molecule has 0 atom stereocenters. The van der Waals surface area contributed by atoms with Gasteiger partial charge < -0.3 is 9.88 Å². The van der Waals surface area contributed by atoms with Crippen molar-refractivity contribution >= 4 is 44.3 Å². The molecule has 4 aromatic rings. The second kappa shape index (κ2) is 9.02. The number of halogens is 1. The van der Waals surface area contributed by atoms with Crippen molar-refractivity contribution in [2.24, 2.45) is 0 Å². The zero-order chi connectivity index (χ0) is 22.7. The normalized spacial score (nSPS) is 11.4. The highest BCUT2D eigenvalue weighted by molar-refractivity contribution is 7.92. The lowest BCUT2D eigenvalue weighted by molar-refractivity contribution is 0.0953. The Labute approximate surface area is 191 Å². The maximum Gasteiger partial charge on any atom is 0.261 e. The van der Waals surface area contributed by atoms with Gasteiger partial charge in [-0.2, -0.15) is 0 Å². The fourth-order valence-electron chi connectivity index (χ4n) is 3.44. The minimum absolute atomic E-state index is 0.0552. The van der Waals surface area contributed by atoms with E-state index in [1.165, 1.54) is 24.3 Å². The third kappa shape index (κ3) is 4.61. The molecule has 0 unspecified atom stereocenters. The number of rotatable bonds is 7. The molecule has 164 valence electrons. The van der Waals surface area contributed by atoms with Gasteiger partial charge in [-0.05, 0) is 55.5 Å². The Balaban J connectivity index is 1.48. The predicted octanol–water partition coefficient (Wildman–Crippen LogP) is 4.23. The number of hydrogen-bond acceptors (Lipinski definition) is 4. The Morgan fingerprint density at radius 3 is 2.47 bits per heavy atom. The van der Waals surface area contributed by atoms with Gasteiger partial charge in [0.05, 0.1) is 27.2 Å². The van der Waals surface area contributed by atoms with Crippen LogP contribution in [-0.2, 0) is 16.6 Å². The average molecular weight is 469 g/mol. The highest BCUT2D eigenvalue weighted by Crippen LogP contribution is 2.21. The van der Waals surface area contributed by atoms with E-state index in [-0.39, 0.29) is 22.1 Å². The van der Waals surface area contributed by atoms with Crippen molar-refractivity contribution in [1.29, 1.82) is 0 Å². The quantitative estimate of drug-likeness (QED) is 0.424. The van der Waals surface area contributed by atoms with Crippen molar-refractivity contribution in [2.45, 2.75) is 18.4 Å². The number of aromatic nitrogens is 2. The van der Waals surface area contributed by atoms with Crippen LogP contribution in [0.1, 0.15) is 16.2 Å². The molecular weight excluding hydrogens is 448 g/mol. The average Bonchev–Trinajstić information content (AvgIpc) is 3.09. The summed E-state index contributed by atoms with van der Waals surface area (Å²) in [5.41, 5.74) is 2.33. The van der Waals surface area contributed by atoms with Gasteiger partial charge in [0.25, 0.3) is 15.9 Å². The first-order valence-corrected chi connectivity index (χ1v) is 11.8. The monoisotopic (exact) mass is 468 g/mol. The van der Waals surface area contributed by atoms with E-state index in [0.29, 0.717) is 18.1 Å². The van der Waals surface area contributed by atoms with Crippen molar-refractivity contribution in [2.75, 3.05) is 11.3 Å². The molecule has 2 N–H and O–H groups in total. The number of carbonyl (C=O) groups is 1. The van der Waals surface area contributed by atoms with Crippen molar-refractivity contribution < 1.29 is 13.2 Å². The fourth-order valence-corrected chi connectivity index (χ4v) is 4.65. The second-order valence-corrected chi connectivity index (χ2v) is 9.28. The molecular formula is C23H21ClN4O3S. The maximum absolute atomic E-state index is 12.8. The molecule has 1 aromatic heterocycles. The summed E-state index contributed by atoms with van der Waals surface area (Å²) in [6.45, 7) is 2.82. The Kier molecular flexibility index (Phi) is 6.16. The molecule has 32 heavy (non-hydrogen) atoms. The minimum Gasteiger partial charge on any atom is -0.350 e. The number of fused-ring (bicyclic) bond motifs is 1. The molecule has 9 heteroatoms. The number of carbonyl (C=O) groups excluding carboxylic acids is 1. The molecule has 4 rings (SSSR count). The Hall–Kier alpha value is -3.36. The Morgan fingerprint density at radius 2 is 1.69 bits per heavy atom. The van der Waals surface area contributed by atoms with Crippen LogP contribution in [0.5, 0.6) is 0 Å². The summed E-state index contributed by atoms with van der Waals surface area (Å²) >= 11 is 5.84. The third-order valence-electron chi connectivity index (χ3n) is 5.01. The van der Waals surface area contributed by atoms with E-state index in [9.17, 15) is 13.2 Å². The molecule has 1 amide bonds. The Bertz CT molecular complexity index is 1380. The van der Waals surface area contributed by atoms with Gasteiger partial charge in [-0.3, -0.25) is 9.52 Å². The van der Waals surface area contributed by atoms with Crippen LogP contribution in [0.2, 0.25) is 5.02 Å². The number of benzene rings is 3. The lowest BCUT2D eigenvalue weighted by atomic mass is 10.1. The van der Waals surface area contributed by atoms with Crippen molar-refractivity contribution in [3.8, 4) is 0 Å². The van der Waals surface area contributed by atoms with E-state index < -0.39 is 10.0 Å². The van der Waals surface area contributed by atoms with E-state index in [0.717, 1.165) is 16.9 Å². The first kappa shape index (κ1) is 21.9. The summed E-state index contributed by atoms with van der Waals surface area (Å²) < 4.78 is 30.0. The molecule has 0 radical (unpaired) electrons. The van der Waals surface area contributed by atoms with Gasteiger partial charge in [0.1, 0.15) is 5.82 Å². The molecule has 0 aliphatic heterocycles. The molecule has 0 spiro atoms. The van der Waals surface area contributed by atoms with Crippen LogP contribution in [0, 0.1) is 6.92 Å². The van der Waals surface area contributed by atoms with Crippen LogP contribution < -0.4 is 10.0 Å². The smallest absolute Gasteiger partial charge is 0.261 e. The molecule has 0 fully saturated rings. The van der Waals surface area contributed by atoms with Gasteiger partial charge in [-0.15, -0.1) is 0 Å². The number of para-hydroxylation sites is 3. The standard InChI is InChI=1S/C23H21ClN4O3S/c1-16-26-21-8-4-5-9-22(21)28(16)15-14-25-23(29)19-6-2-3-7-20(19)27-32(30,31)18-12-10-17(24)11-13-18/h2-13,27H,14-15H2,1H3,(H,25,29). The summed E-state index contributed by atoms with van der Waals surface area (Å²) in [6.07, 6.45) is 0. The maximum atomic E-state index is 12.8. The summed E-state index contributed by atoms with van der Waals surface area (Å²) in [5.74, 6) is 0.484. The summed E-state index contributed by atoms with van der Waals surface area (Å²) in [6, 6.07) is 20.1. The van der Waals surface area contributed by atoms with Gasteiger partial charge in [0.15, 0.2) is 0 Å². The van der Waals surface area contributed by atoms with Crippen molar-refractivity contribution in [3.63, 3.8) is 0 Å². The van der Waals surface area contributed by atoms with Gasteiger partial charge in [0, 0.05) is 18.1 Å². The van der Waals surface area contributed by atoms with Crippen LogP contribution in [-0.4, -0.2) is 30.4 Å². The predicted molar refractivity (Wildman–Crippen MR) is 126 cm³/mol. The number of sulfonamides is 1. The van der Waals surface area contributed by atoms with Gasteiger partial charge in [-0.25, -0.2) is 13.4 Å². The number of hydrogen-bond donors (Lipinski definition) is 2. The highest BCUT2D eigenvalue weighted by Gasteiger charge is 2.18. The summed E-state index contributed by atoms with van der Waals surface area (Å²) in [4.78, 5) is 17.4. The van der Waals surface area contributed by atoms with E-state index in [2.05, 4.69) is 15.0 Å². The molecule has 3 aromatic carbocycles. The molecule has 0 bridgehead atoms. The first-order valence-electron chi connectivity index (χ1n) is 9.92. The third-order valence-corrected chi connectivity index (χ3v) is 6.64. The first-order chi connectivity index (χ1) is 15.3. The number of imidazole rings is 1. The van der Waals surface area contributed by atoms with E-state index >= 15 is 0 Å². The topological polar surface area (TPSA) is 93.1 Å². The number of aryl methyl sites for hydroxylation is 1. The molecule has 7 nitrogen and oxygen atoms in total. The second-order valence-electron chi connectivity index (χ2n) is 7.16. The van der Waals surface area contributed by atoms with Crippen LogP contribution in [0.15, 0.2) is 77.7 Å². The molecule has 0 saturated heterocycles. The lowest BCUT2D eigenvalue weighted by Crippen LogP contribution is -2.28. The van der Waals surface area contributed by atoms with E-state index in [4.69, 9.17) is 11.6 Å². The SMILES string of the molecule is Cc1nc2ccccc2n1CCNC(=O)c1ccccc1NS(=O)(=O)c1ccc(Cl)cc1. The van der Waals surface area contributed by atoms with Gasteiger partial charge in [0.2, 0.25) is 0 Å². The van der Waals surface area contributed by atoms with Crippen LogP contribution >= 0.6 is 11.6 Å². The van der Waals surface area contributed by atoms with Crippen LogP contribution in [0.3, 0.4) is 0 Å². The van der Waals surface area contributed by atoms with Crippen molar-refractivity contribution in [1.82, 2.24) is 14.9 Å². The van der Waals surface area contributed by atoms with Gasteiger partial charge >= 0.3 is 0 Å². The number of nitrogens with one attached hydrogen (secondary N) is 2. The molecule has 0 saturated carbocycles. The fraction of sp³-hybridized carbons (Fsp3) is 0.130. The largest absolute Gasteiger partial charge is 0.350 e. The van der Waals surface area contributed by atoms with Gasteiger partial charge in [-0.1, -0.05) is 35.9 Å².